The van der Waals surface area contributed by atoms with Gasteiger partial charge in [0.2, 0.25) is 10.0 Å². The Labute approximate surface area is 151 Å². The van der Waals surface area contributed by atoms with Gasteiger partial charge in [-0.05, 0) is 56.4 Å². The number of carbonyl (C=O) groups excluding carboxylic acids is 1. The summed E-state index contributed by atoms with van der Waals surface area (Å²) in [5, 5.41) is 2.98. The third kappa shape index (κ3) is 5.54. The van der Waals surface area contributed by atoms with Gasteiger partial charge in [0.25, 0.3) is 5.91 Å². The molecule has 25 heavy (non-hydrogen) atoms. The van der Waals surface area contributed by atoms with Crippen LogP contribution in [-0.2, 0) is 10.0 Å². The first-order valence-electron chi connectivity index (χ1n) is 9.22. The van der Waals surface area contributed by atoms with Gasteiger partial charge in [-0.25, -0.2) is 8.42 Å². The third-order valence-corrected chi connectivity index (χ3v) is 6.53. The number of nitrogens with one attached hydrogen (secondary N) is 1. The molecule has 2 rings (SSSR count). The van der Waals surface area contributed by atoms with Gasteiger partial charge in [0.1, 0.15) is 0 Å². The van der Waals surface area contributed by atoms with Crippen molar-refractivity contribution < 1.29 is 13.2 Å². The molecule has 5 nitrogen and oxygen atoms in total. The van der Waals surface area contributed by atoms with Gasteiger partial charge in [-0.15, -0.1) is 0 Å². The van der Waals surface area contributed by atoms with Crippen LogP contribution in [0, 0.1) is 5.92 Å². The molecule has 1 unspecified atom stereocenters. The van der Waals surface area contributed by atoms with E-state index in [4.69, 9.17) is 0 Å². The normalized spacial score (nSPS) is 17.0. The van der Waals surface area contributed by atoms with Crippen molar-refractivity contribution in [3.05, 3.63) is 29.8 Å². The Morgan fingerprint density at radius 3 is 2.24 bits per heavy atom. The van der Waals surface area contributed by atoms with Crippen LogP contribution < -0.4 is 5.32 Å². The summed E-state index contributed by atoms with van der Waals surface area (Å²) in [6.07, 6.45) is 5.02. The van der Waals surface area contributed by atoms with Crippen LogP contribution >= 0.6 is 0 Å². The molecule has 0 bridgehead atoms. The molecule has 1 aliphatic rings. The van der Waals surface area contributed by atoms with E-state index in [1.54, 1.807) is 12.1 Å². The Kier molecular flexibility index (Phi) is 7.02. The summed E-state index contributed by atoms with van der Waals surface area (Å²) in [5.41, 5.74) is 0.496. The first-order chi connectivity index (χ1) is 11.8. The summed E-state index contributed by atoms with van der Waals surface area (Å²) < 4.78 is 26.5. The molecule has 0 saturated carbocycles. The number of sulfonamides is 1. The van der Waals surface area contributed by atoms with Crippen LogP contribution in [-0.4, -0.2) is 37.8 Å². The van der Waals surface area contributed by atoms with E-state index in [1.807, 2.05) is 6.92 Å². The highest BCUT2D eigenvalue weighted by Crippen LogP contribution is 2.21. The second kappa shape index (κ2) is 8.81. The highest BCUT2D eigenvalue weighted by atomic mass is 32.2. The largest absolute Gasteiger partial charge is 0.350 e. The van der Waals surface area contributed by atoms with Crippen molar-refractivity contribution in [2.45, 2.75) is 63.8 Å². The van der Waals surface area contributed by atoms with E-state index in [-0.39, 0.29) is 16.8 Å². The number of rotatable bonds is 8. The van der Waals surface area contributed by atoms with E-state index in [9.17, 15) is 13.2 Å². The van der Waals surface area contributed by atoms with E-state index >= 15 is 0 Å². The summed E-state index contributed by atoms with van der Waals surface area (Å²) >= 11 is 0. The van der Waals surface area contributed by atoms with Crippen molar-refractivity contribution in [1.29, 1.82) is 0 Å². The second-order valence-electron chi connectivity index (χ2n) is 7.33. The van der Waals surface area contributed by atoms with E-state index in [0.717, 1.165) is 32.1 Å². The van der Waals surface area contributed by atoms with E-state index < -0.39 is 10.0 Å². The molecule has 1 aliphatic heterocycles. The highest BCUT2D eigenvalue weighted by molar-refractivity contribution is 7.89. The number of nitrogens with zero attached hydrogens (tertiary/aromatic N) is 1. The van der Waals surface area contributed by atoms with Crippen LogP contribution in [0.3, 0.4) is 0 Å². The zero-order valence-corrected chi connectivity index (χ0v) is 16.3. The Bertz CT molecular complexity index is 662. The van der Waals surface area contributed by atoms with E-state index in [2.05, 4.69) is 19.2 Å². The molecule has 1 atom stereocenters. The smallest absolute Gasteiger partial charge is 0.251 e. The maximum absolute atomic E-state index is 12.5. The maximum atomic E-state index is 12.5. The van der Waals surface area contributed by atoms with Crippen LogP contribution in [0.15, 0.2) is 29.2 Å². The van der Waals surface area contributed by atoms with E-state index in [1.165, 1.54) is 16.4 Å². The average Bonchev–Trinajstić information content (AvgIpc) is 3.10. The summed E-state index contributed by atoms with van der Waals surface area (Å²) in [5.74, 6) is 0.523. The van der Waals surface area contributed by atoms with Gasteiger partial charge in [-0.1, -0.05) is 26.7 Å². The number of benzene rings is 1. The fourth-order valence-electron chi connectivity index (χ4n) is 3.07. The van der Waals surface area contributed by atoms with Gasteiger partial charge < -0.3 is 5.32 Å². The molecule has 0 aliphatic carbocycles. The topological polar surface area (TPSA) is 66.5 Å². The lowest BCUT2D eigenvalue weighted by Crippen LogP contribution is -2.32. The highest BCUT2D eigenvalue weighted by Gasteiger charge is 2.27. The molecular formula is C19H30N2O3S. The monoisotopic (exact) mass is 366 g/mol. The van der Waals surface area contributed by atoms with Crippen LogP contribution in [0.1, 0.15) is 63.2 Å². The number of amides is 1. The minimum atomic E-state index is -3.42. The molecule has 1 heterocycles. The fraction of sp³-hybridized carbons (Fsp3) is 0.632. The number of carbonyl (C=O) groups is 1. The lowest BCUT2D eigenvalue weighted by molar-refractivity contribution is 0.0937. The molecule has 1 aromatic rings. The molecule has 1 amide bonds. The molecule has 1 saturated heterocycles. The van der Waals surface area contributed by atoms with Crippen molar-refractivity contribution in [2.75, 3.05) is 13.1 Å². The summed E-state index contributed by atoms with van der Waals surface area (Å²) in [7, 11) is -3.42. The molecule has 0 spiro atoms. The number of hydrogen-bond acceptors (Lipinski definition) is 3. The lowest BCUT2D eigenvalue weighted by atomic mass is 10.0. The zero-order chi connectivity index (χ0) is 18.4. The molecule has 0 radical (unpaired) electrons. The average molecular weight is 367 g/mol. The zero-order valence-electron chi connectivity index (χ0n) is 15.5. The summed E-state index contributed by atoms with van der Waals surface area (Å²) in [4.78, 5) is 12.6. The maximum Gasteiger partial charge on any atom is 0.251 e. The Balaban J connectivity index is 1.93. The molecule has 0 aromatic heterocycles. The molecular weight excluding hydrogens is 336 g/mol. The minimum absolute atomic E-state index is 0.110. The summed E-state index contributed by atoms with van der Waals surface area (Å²) in [6.45, 7) is 7.56. The predicted octanol–water partition coefficient (Wildman–Crippen LogP) is 3.42. The molecule has 6 heteroatoms. The van der Waals surface area contributed by atoms with Gasteiger partial charge in [-0.3, -0.25) is 4.79 Å². The SMILES string of the molecule is CC(C)CCCC(C)NC(=O)c1ccc(S(=O)(=O)N2CCCC2)cc1. The Morgan fingerprint density at radius 2 is 1.68 bits per heavy atom. The Hall–Kier alpha value is -1.40. The standard InChI is InChI=1S/C19H30N2O3S/c1-15(2)7-6-8-16(3)20-19(22)17-9-11-18(12-10-17)25(23,24)21-13-4-5-14-21/h9-12,15-16H,4-8,13-14H2,1-3H3,(H,20,22). The van der Waals surface area contributed by atoms with Crippen molar-refractivity contribution in [1.82, 2.24) is 9.62 Å². The number of hydrogen-bond donors (Lipinski definition) is 1. The predicted molar refractivity (Wildman–Crippen MR) is 100 cm³/mol. The lowest BCUT2D eigenvalue weighted by Gasteiger charge is -2.16. The van der Waals surface area contributed by atoms with Crippen molar-refractivity contribution in [3.8, 4) is 0 Å². The van der Waals surface area contributed by atoms with Crippen LogP contribution in [0.2, 0.25) is 0 Å². The summed E-state index contributed by atoms with van der Waals surface area (Å²) in [6, 6.07) is 6.37. The molecule has 1 fully saturated rings. The van der Waals surface area contributed by atoms with Gasteiger partial charge >= 0.3 is 0 Å². The van der Waals surface area contributed by atoms with Crippen molar-refractivity contribution >= 4 is 15.9 Å². The van der Waals surface area contributed by atoms with Crippen LogP contribution in [0.4, 0.5) is 0 Å². The first kappa shape index (κ1) is 19.9. The molecule has 1 N–H and O–H groups in total. The van der Waals surface area contributed by atoms with E-state index in [0.29, 0.717) is 24.6 Å². The second-order valence-corrected chi connectivity index (χ2v) is 9.27. The van der Waals surface area contributed by atoms with Gasteiger partial charge in [0.05, 0.1) is 4.90 Å². The Morgan fingerprint density at radius 1 is 1.08 bits per heavy atom. The quantitative estimate of drug-likeness (QED) is 0.767. The third-order valence-electron chi connectivity index (χ3n) is 4.62. The minimum Gasteiger partial charge on any atom is -0.350 e. The van der Waals surface area contributed by atoms with Crippen LogP contribution in [0.25, 0.3) is 0 Å². The van der Waals surface area contributed by atoms with Gasteiger partial charge in [0.15, 0.2) is 0 Å². The van der Waals surface area contributed by atoms with Gasteiger partial charge in [-0.2, -0.15) is 4.31 Å². The molecule has 1 aromatic carbocycles. The fourth-order valence-corrected chi connectivity index (χ4v) is 4.58. The molecule has 140 valence electrons. The van der Waals surface area contributed by atoms with Crippen LogP contribution in [0.5, 0.6) is 0 Å². The van der Waals surface area contributed by atoms with Crippen molar-refractivity contribution in [2.24, 2.45) is 5.92 Å². The van der Waals surface area contributed by atoms with Crippen molar-refractivity contribution in [3.63, 3.8) is 0 Å². The first-order valence-corrected chi connectivity index (χ1v) is 10.7. The van der Waals surface area contributed by atoms with Gasteiger partial charge in [0, 0.05) is 24.7 Å².